The van der Waals surface area contributed by atoms with Gasteiger partial charge in [0.1, 0.15) is 42.6 Å². The van der Waals surface area contributed by atoms with Crippen molar-refractivity contribution in [3.05, 3.63) is 65.8 Å². The van der Waals surface area contributed by atoms with E-state index >= 15 is 0 Å². The van der Waals surface area contributed by atoms with Crippen LogP contribution in [0.25, 0.3) is 0 Å². The lowest BCUT2D eigenvalue weighted by molar-refractivity contribution is -0.152. The molecule has 3 fully saturated rings. The number of primary amides is 1. The molecule has 0 unspecified atom stereocenters. The molecule has 25 heteroatoms. The number of alkyl halides is 1. The Morgan fingerprint density at radius 2 is 1.63 bits per heavy atom. The maximum atomic E-state index is 14.4. The summed E-state index contributed by atoms with van der Waals surface area (Å²) in [6.45, 7) is 12.8. The second-order valence-electron chi connectivity index (χ2n) is 21.2. The second-order valence-corrected chi connectivity index (χ2v) is 21.8. The summed E-state index contributed by atoms with van der Waals surface area (Å²) in [6.07, 6.45) is 7.44. The molecule has 450 valence electrons. The fraction of sp³-hybridized carbons (Fsp3) is 0.625. The Bertz CT molecular complexity index is 2420. The number of nitrogens with two attached hydrogens (primary N) is 1. The number of benzene rings is 1. The molecule has 3 saturated heterocycles. The van der Waals surface area contributed by atoms with Gasteiger partial charge in [-0.05, 0) is 94.9 Å². The number of urea groups is 1. The largest absolute Gasteiger partial charge is 0.480 e. The maximum absolute atomic E-state index is 14.4. The Morgan fingerprint density at radius 3 is 2.26 bits per heavy atom. The first-order valence-electron chi connectivity index (χ1n) is 27.5. The number of aliphatic hydroxyl groups excluding tert-OH is 1. The van der Waals surface area contributed by atoms with Crippen LogP contribution in [0.2, 0.25) is 0 Å². The van der Waals surface area contributed by atoms with Crippen LogP contribution in [0.5, 0.6) is 0 Å². The number of nitrogens with zero attached hydrogens (tertiary/aromatic N) is 2. The van der Waals surface area contributed by atoms with E-state index in [0.29, 0.717) is 44.2 Å². The number of carboxylic acids is 1. The van der Waals surface area contributed by atoms with E-state index in [4.69, 9.17) is 29.4 Å². The third kappa shape index (κ3) is 22.5. The van der Waals surface area contributed by atoms with Gasteiger partial charge >= 0.3 is 24.1 Å². The summed E-state index contributed by atoms with van der Waals surface area (Å²) in [4.78, 5) is 114. The number of rotatable bonds is 29. The van der Waals surface area contributed by atoms with Gasteiger partial charge in [-0.2, -0.15) is 0 Å². The molecule has 3 aliphatic heterocycles. The number of ether oxygens (including phenoxy) is 5. The molecule has 24 nitrogen and oxygen atoms in total. The number of aliphatic carboxylic acids is 1. The van der Waals surface area contributed by atoms with E-state index in [9.17, 15) is 53.4 Å². The van der Waals surface area contributed by atoms with Gasteiger partial charge in [0.25, 0.3) is 5.91 Å². The van der Waals surface area contributed by atoms with Crippen molar-refractivity contribution < 1.29 is 77.0 Å². The average Bonchev–Trinajstić information content (AvgIpc) is 4.28. The zero-order valence-corrected chi connectivity index (χ0v) is 49.2. The predicted octanol–water partition coefficient (Wildman–Crippen LogP) is 4.11. The van der Waals surface area contributed by atoms with Gasteiger partial charge < -0.3 is 60.9 Å². The number of carbonyl (C=O) groups excluding carboxylic acids is 8. The number of aliphatic hydroxyl groups is 1. The van der Waals surface area contributed by atoms with Crippen molar-refractivity contribution in [2.75, 3.05) is 37.0 Å². The van der Waals surface area contributed by atoms with Crippen LogP contribution >= 0.6 is 15.9 Å². The van der Waals surface area contributed by atoms with Gasteiger partial charge in [0.2, 0.25) is 23.6 Å². The molecule has 81 heavy (non-hydrogen) atoms. The molecule has 0 aliphatic carbocycles. The summed E-state index contributed by atoms with van der Waals surface area (Å²) >= 11 is 3.09. The van der Waals surface area contributed by atoms with Gasteiger partial charge in [0.15, 0.2) is 0 Å². The number of epoxide rings is 1. The molecule has 1 spiro atoms. The number of amides is 8. The van der Waals surface area contributed by atoms with Crippen LogP contribution in [0.15, 0.2) is 60.2 Å². The molecule has 4 rings (SSSR count). The number of hydrogen-bond acceptors (Lipinski definition) is 15. The van der Waals surface area contributed by atoms with Gasteiger partial charge in [0, 0.05) is 51.7 Å². The fourth-order valence-corrected chi connectivity index (χ4v) is 9.65. The van der Waals surface area contributed by atoms with Crippen molar-refractivity contribution in [3.63, 3.8) is 0 Å². The molecule has 9 N–H and O–H groups in total. The van der Waals surface area contributed by atoms with E-state index in [2.05, 4.69) is 49.5 Å². The first-order chi connectivity index (χ1) is 38.3. The van der Waals surface area contributed by atoms with Crippen LogP contribution in [0.3, 0.4) is 0 Å². The Hall–Kier alpha value is -6.41. The zero-order chi connectivity index (χ0) is 60.0. The number of hydrogen-bond donors (Lipinski definition) is 8. The molecule has 0 aromatic heterocycles. The van der Waals surface area contributed by atoms with E-state index in [1.54, 1.807) is 26.8 Å². The minimum Gasteiger partial charge on any atom is -0.480 e. The molecular formula is C56H83BrN8O16. The van der Waals surface area contributed by atoms with Crippen LogP contribution in [0, 0.1) is 11.8 Å². The van der Waals surface area contributed by atoms with Crippen molar-refractivity contribution in [2.45, 2.75) is 180 Å². The molecule has 1 aromatic rings. The molecule has 3 heterocycles. The van der Waals surface area contributed by atoms with Crippen molar-refractivity contribution in [3.8, 4) is 0 Å². The van der Waals surface area contributed by atoms with Crippen LogP contribution in [0.1, 0.15) is 118 Å². The third-order valence-corrected chi connectivity index (χ3v) is 14.6. The monoisotopic (exact) mass is 1200 g/mol. The first kappa shape index (κ1) is 67.1. The fourth-order valence-electron chi connectivity index (χ4n) is 9.45. The molecule has 11 atom stereocenters. The Kier molecular flexibility index (Phi) is 27.2. The lowest BCUT2D eigenvalue weighted by Crippen LogP contribution is -2.56. The predicted molar refractivity (Wildman–Crippen MR) is 301 cm³/mol. The minimum absolute atomic E-state index is 0.0456. The summed E-state index contributed by atoms with van der Waals surface area (Å²) in [5.41, 5.74) is 8.22. The van der Waals surface area contributed by atoms with E-state index in [1.165, 1.54) is 50.4 Å². The molecule has 8 amide bonds. The van der Waals surface area contributed by atoms with Crippen LogP contribution < -0.4 is 37.3 Å². The lowest BCUT2D eigenvalue weighted by atomic mass is 9.87. The highest BCUT2D eigenvalue weighted by atomic mass is 79.9. The number of allylic oxidation sites excluding steroid dienone is 2. The summed E-state index contributed by atoms with van der Waals surface area (Å²) < 4.78 is 28.7. The zero-order valence-electron chi connectivity index (χ0n) is 47.6. The molecule has 0 saturated carbocycles. The Labute approximate surface area is 482 Å². The van der Waals surface area contributed by atoms with Gasteiger partial charge in [-0.15, -0.1) is 0 Å². The average molecular weight is 1200 g/mol. The molecule has 1 aromatic carbocycles. The van der Waals surface area contributed by atoms with Gasteiger partial charge in [0.05, 0.1) is 42.7 Å². The van der Waals surface area contributed by atoms with Crippen molar-refractivity contribution in [1.29, 1.82) is 0 Å². The summed E-state index contributed by atoms with van der Waals surface area (Å²) in [5, 5.41) is 33.8. The summed E-state index contributed by atoms with van der Waals surface area (Å²) in [7, 11) is 1.35. The third-order valence-electron chi connectivity index (χ3n) is 14.1. The van der Waals surface area contributed by atoms with Crippen molar-refractivity contribution in [2.24, 2.45) is 17.6 Å². The van der Waals surface area contributed by atoms with Crippen LogP contribution in [-0.2, 0) is 63.9 Å². The Morgan fingerprint density at radius 1 is 0.938 bits per heavy atom. The molecule has 3 aliphatic rings. The topological polar surface area (TPSA) is 336 Å². The van der Waals surface area contributed by atoms with E-state index < -0.39 is 89.8 Å². The summed E-state index contributed by atoms with van der Waals surface area (Å²) in [6, 6.07) is 2.49. The number of anilines is 1. The normalized spacial score (nSPS) is 23.6. The number of halogens is 1. The minimum atomic E-state index is -1.43. The van der Waals surface area contributed by atoms with Gasteiger partial charge in [-0.1, -0.05) is 79.1 Å². The number of unbranched alkanes of at least 4 members (excludes halogenated alkanes) is 2. The van der Waals surface area contributed by atoms with E-state index in [-0.39, 0.29) is 98.9 Å². The highest BCUT2D eigenvalue weighted by Crippen LogP contribution is 2.43. The van der Waals surface area contributed by atoms with Crippen molar-refractivity contribution >= 4 is 75.2 Å². The highest BCUT2D eigenvalue weighted by Gasteiger charge is 2.58. The number of carbonyl (C=O) groups is 9. The first-order valence-corrected chi connectivity index (χ1v) is 28.6. The van der Waals surface area contributed by atoms with Gasteiger partial charge in [-0.3, -0.25) is 38.7 Å². The number of carboxylic acid groups (broad SMARTS) is 1. The SMILES string of the molecule is CC(=O)O[C@@H](C)/C=C\C(=O)N[C@@H]1C[C@H](C)[C@H](C/C=C(C)/C=C/[C@H]2O[C@H](CC(=O)N(C)NC(=O)OCc3ccc(N(C(=O)[C@@H](NC(=O)CCCCCNC(=O)CBr)C(C)C)[C@@H](CCCNC(N)=O)C(=O)O)cc3)C[C@@]3(CO3)[C@@H]2O)O[C@@H]1C. The quantitative estimate of drug-likeness (QED) is 0.0106. The van der Waals surface area contributed by atoms with Crippen molar-refractivity contribution in [1.82, 2.24) is 31.7 Å². The molecule has 0 radical (unpaired) electrons. The number of hydrazine groups is 1. The number of nitrogens with one attached hydrogen (secondary N) is 5. The Balaban J connectivity index is 1.32. The number of esters is 1. The summed E-state index contributed by atoms with van der Waals surface area (Å²) in [5.74, 6) is -4.15. The van der Waals surface area contributed by atoms with E-state index in [0.717, 1.165) is 15.5 Å². The molecular weight excluding hydrogens is 1120 g/mol. The second kappa shape index (κ2) is 32.9. The van der Waals surface area contributed by atoms with E-state index in [1.807, 2.05) is 26.0 Å². The molecule has 0 bridgehead atoms. The van der Waals surface area contributed by atoms with Gasteiger partial charge in [-0.25, -0.2) is 19.8 Å². The van der Waals surface area contributed by atoms with Crippen LogP contribution in [0.4, 0.5) is 15.3 Å². The van der Waals surface area contributed by atoms with Crippen LogP contribution in [-0.4, -0.2) is 161 Å². The lowest BCUT2D eigenvalue weighted by Gasteiger charge is -2.39. The smallest absolute Gasteiger partial charge is 0.426 e. The standard InChI is InChI=1S/C56H83BrN8O16/c1-33(2)50(62-46(67)14-10-9-11-25-59-48(69)30-57)52(72)65(43(53(73)74)13-12-26-60-54(58)75)40-20-18-39(19-21-40)31-77-55(76)63-64(8)49(70)28-41-29-56(32-78-56)51(71)45(81-41)23-16-34(3)15-22-44-35(4)27-42(37(6)80-44)61-47(68)24-17-36(5)79-38(7)66/h15-21,23-24,33,35-37,41-45,50-51,71H,9-14,22,25-32H2,1-8H3,(H,59,69)(H,61,68)(H,62,67)(H,63,76)(H,73,74)(H3,58,60,75)/b23-16+,24-17-,34-15+/t35-,36-,37+,41+,42+,43-,44-,45+,50-,51+,56+/m0/s1. The maximum Gasteiger partial charge on any atom is 0.426 e. The highest BCUT2D eigenvalue weighted by molar-refractivity contribution is 9.09.